The third-order valence-electron chi connectivity index (χ3n) is 3.93. The molecule has 0 aromatic carbocycles. The second kappa shape index (κ2) is 3.26. The molecule has 0 radical (unpaired) electrons. The molecule has 0 aliphatic carbocycles. The van der Waals surface area contributed by atoms with Crippen molar-refractivity contribution in [3.8, 4) is 0 Å². The smallest absolute Gasteiger partial charge is 0.379 e. The van der Waals surface area contributed by atoms with Crippen molar-refractivity contribution in [1.82, 2.24) is 5.32 Å². The van der Waals surface area contributed by atoms with Gasteiger partial charge in [-0.1, -0.05) is 0 Å². The Morgan fingerprint density at radius 2 is 2.00 bits per heavy atom. The fourth-order valence-electron chi connectivity index (χ4n) is 2.56. The number of alkyl halides is 3. The number of rotatable bonds is 2. The normalized spacial score (nSPS) is 35.7. The molecular weight excluding hydrogens is 237 g/mol. The van der Waals surface area contributed by atoms with Crippen molar-refractivity contribution in [2.24, 2.45) is 26.8 Å². The molecule has 1 N–H and O–H groups in total. The molecule has 17 heavy (non-hydrogen) atoms. The lowest BCUT2D eigenvalue weighted by atomic mass is 9.60. The maximum Gasteiger partial charge on any atom is 0.401 e. The lowest BCUT2D eigenvalue weighted by Crippen LogP contribution is -2.73. The minimum atomic E-state index is -4.36. The zero-order chi connectivity index (χ0) is 12.1. The Bertz CT molecular complexity index is 372. The number of halogens is 3. The molecule has 0 spiro atoms. The predicted octanol–water partition coefficient (Wildman–Crippen LogP) is 0.975. The largest absolute Gasteiger partial charge is 0.401 e. The average molecular weight is 248 g/mol. The Kier molecular flexibility index (Phi) is 2.13. The van der Waals surface area contributed by atoms with Gasteiger partial charge in [0.05, 0.1) is 19.4 Å². The second-order valence-corrected chi connectivity index (χ2v) is 4.69. The lowest BCUT2D eigenvalue weighted by molar-refractivity contribution is -0.323. The van der Waals surface area contributed by atoms with Crippen molar-refractivity contribution in [2.45, 2.75) is 11.7 Å². The first-order valence-corrected chi connectivity index (χ1v) is 5.33. The SMILES string of the molecule is FC(F)(F)C1(C2(C3CNC3)C=NN=N2)COC1. The van der Waals surface area contributed by atoms with Crippen LogP contribution < -0.4 is 5.32 Å². The summed E-state index contributed by atoms with van der Waals surface area (Å²) < 4.78 is 44.7. The summed E-state index contributed by atoms with van der Waals surface area (Å²) in [4.78, 5) is 0. The Morgan fingerprint density at radius 1 is 1.29 bits per heavy atom. The fraction of sp³-hybridized carbons (Fsp3) is 0.889. The first kappa shape index (κ1) is 11.1. The van der Waals surface area contributed by atoms with Crippen molar-refractivity contribution in [1.29, 1.82) is 0 Å². The molecule has 0 amide bonds. The average Bonchev–Trinajstić information content (AvgIpc) is 2.44. The quantitative estimate of drug-likeness (QED) is 0.791. The second-order valence-electron chi connectivity index (χ2n) is 4.69. The van der Waals surface area contributed by atoms with Crippen LogP contribution >= 0.6 is 0 Å². The van der Waals surface area contributed by atoms with E-state index in [0.29, 0.717) is 13.1 Å². The number of nitrogens with zero attached hydrogens (tertiary/aromatic N) is 3. The molecule has 0 saturated carbocycles. The molecule has 3 heterocycles. The van der Waals surface area contributed by atoms with Gasteiger partial charge in [-0.2, -0.15) is 18.3 Å². The van der Waals surface area contributed by atoms with Crippen LogP contribution in [0.1, 0.15) is 0 Å². The van der Waals surface area contributed by atoms with Crippen LogP contribution in [-0.2, 0) is 4.74 Å². The van der Waals surface area contributed by atoms with Crippen LogP contribution in [0.4, 0.5) is 13.2 Å². The van der Waals surface area contributed by atoms with Gasteiger partial charge in [0.25, 0.3) is 0 Å². The highest BCUT2D eigenvalue weighted by atomic mass is 19.4. The molecule has 2 saturated heterocycles. The highest BCUT2D eigenvalue weighted by molar-refractivity contribution is 5.75. The van der Waals surface area contributed by atoms with Crippen molar-refractivity contribution in [3.05, 3.63) is 0 Å². The summed E-state index contributed by atoms with van der Waals surface area (Å²) in [6, 6.07) is 0. The summed E-state index contributed by atoms with van der Waals surface area (Å²) in [6.45, 7) is 0.280. The van der Waals surface area contributed by atoms with Crippen LogP contribution in [0.25, 0.3) is 0 Å². The molecule has 3 rings (SSSR count). The highest BCUT2D eigenvalue weighted by Gasteiger charge is 2.74. The van der Waals surface area contributed by atoms with E-state index in [1.54, 1.807) is 0 Å². The zero-order valence-corrected chi connectivity index (χ0v) is 8.87. The van der Waals surface area contributed by atoms with Gasteiger partial charge in [0.15, 0.2) is 0 Å². The van der Waals surface area contributed by atoms with Crippen LogP contribution in [0.5, 0.6) is 0 Å². The molecule has 8 heteroatoms. The summed E-state index contributed by atoms with van der Waals surface area (Å²) in [5.41, 5.74) is -3.34. The van der Waals surface area contributed by atoms with E-state index in [4.69, 9.17) is 4.74 Å². The van der Waals surface area contributed by atoms with Gasteiger partial charge >= 0.3 is 6.18 Å². The number of ether oxygens (including phenoxy) is 1. The van der Waals surface area contributed by atoms with Gasteiger partial charge in [0, 0.05) is 19.0 Å². The molecule has 1 atom stereocenters. The van der Waals surface area contributed by atoms with E-state index in [-0.39, 0.29) is 19.1 Å². The van der Waals surface area contributed by atoms with E-state index >= 15 is 0 Å². The van der Waals surface area contributed by atoms with Gasteiger partial charge in [-0.25, -0.2) is 0 Å². The maximum absolute atomic E-state index is 13.3. The molecular formula is C9H11F3N4O. The van der Waals surface area contributed by atoms with E-state index in [1.807, 2.05) is 0 Å². The van der Waals surface area contributed by atoms with Crippen LogP contribution in [0.15, 0.2) is 15.4 Å². The van der Waals surface area contributed by atoms with Crippen LogP contribution in [0.3, 0.4) is 0 Å². The molecule has 5 nitrogen and oxygen atoms in total. The highest BCUT2D eigenvalue weighted by Crippen LogP contribution is 2.56. The van der Waals surface area contributed by atoms with Crippen molar-refractivity contribution >= 4 is 6.21 Å². The molecule has 3 aliphatic heterocycles. The minimum Gasteiger partial charge on any atom is -0.379 e. The first-order chi connectivity index (χ1) is 8.02. The molecule has 94 valence electrons. The van der Waals surface area contributed by atoms with Crippen LogP contribution in [0, 0.1) is 11.3 Å². The van der Waals surface area contributed by atoms with Gasteiger partial charge < -0.3 is 10.1 Å². The molecule has 0 bridgehead atoms. The molecule has 3 aliphatic rings. The molecule has 2 fully saturated rings. The maximum atomic E-state index is 13.3. The van der Waals surface area contributed by atoms with Gasteiger partial charge in [0.1, 0.15) is 11.0 Å². The van der Waals surface area contributed by atoms with Crippen molar-refractivity contribution in [3.63, 3.8) is 0 Å². The fourth-order valence-corrected chi connectivity index (χ4v) is 2.56. The van der Waals surface area contributed by atoms with E-state index in [0.717, 1.165) is 0 Å². The topological polar surface area (TPSA) is 58.3 Å². The number of hydrogen-bond donors (Lipinski definition) is 1. The van der Waals surface area contributed by atoms with Crippen LogP contribution in [0.2, 0.25) is 0 Å². The van der Waals surface area contributed by atoms with Crippen molar-refractivity contribution in [2.75, 3.05) is 26.3 Å². The van der Waals surface area contributed by atoms with Crippen LogP contribution in [-0.4, -0.2) is 44.2 Å². The third-order valence-corrected chi connectivity index (χ3v) is 3.93. The van der Waals surface area contributed by atoms with Gasteiger partial charge in [-0.3, -0.25) is 0 Å². The van der Waals surface area contributed by atoms with Gasteiger partial charge in [0.2, 0.25) is 0 Å². The summed E-state index contributed by atoms with van der Waals surface area (Å²) in [5, 5.41) is 13.7. The molecule has 0 aromatic heterocycles. The summed E-state index contributed by atoms with van der Waals surface area (Å²) in [5.74, 6) is -0.219. The summed E-state index contributed by atoms with van der Waals surface area (Å²) in [6.07, 6.45) is -3.12. The van der Waals surface area contributed by atoms with Gasteiger partial charge in [-0.15, -0.1) is 5.10 Å². The van der Waals surface area contributed by atoms with Gasteiger partial charge in [-0.05, 0) is 5.22 Å². The predicted molar refractivity (Wildman–Crippen MR) is 51.7 cm³/mol. The van der Waals surface area contributed by atoms with E-state index < -0.39 is 17.1 Å². The number of nitrogens with one attached hydrogen (secondary N) is 1. The molecule has 0 aromatic rings. The van der Waals surface area contributed by atoms with E-state index in [9.17, 15) is 13.2 Å². The molecule has 1 unspecified atom stereocenters. The van der Waals surface area contributed by atoms with Crippen molar-refractivity contribution < 1.29 is 17.9 Å². The monoisotopic (exact) mass is 248 g/mol. The standard InChI is InChI=1S/C9H11F3N4O/c10-9(11,12)7(4-17-5-7)8(3-14-16-15-8)6-1-13-2-6/h3,6,13H,1-2,4-5H2. The Hall–Kier alpha value is -1.02. The first-order valence-electron chi connectivity index (χ1n) is 5.33. The Balaban J connectivity index is 2.03. The van der Waals surface area contributed by atoms with E-state index in [2.05, 4.69) is 20.8 Å². The Morgan fingerprint density at radius 3 is 2.29 bits per heavy atom. The number of hydrogen-bond acceptors (Lipinski definition) is 5. The zero-order valence-electron chi connectivity index (χ0n) is 8.87. The summed E-state index contributed by atoms with van der Waals surface area (Å²) in [7, 11) is 0. The summed E-state index contributed by atoms with van der Waals surface area (Å²) >= 11 is 0. The lowest BCUT2D eigenvalue weighted by Gasteiger charge is -2.54. The minimum absolute atomic E-state index is 0.219. The van der Waals surface area contributed by atoms with E-state index in [1.165, 1.54) is 6.21 Å². The Labute approximate surface area is 95.1 Å². The third kappa shape index (κ3) is 1.19.